The minimum atomic E-state index is -0.354. The zero-order valence-electron chi connectivity index (χ0n) is 12.2. The van der Waals surface area contributed by atoms with Crippen LogP contribution in [-0.2, 0) is 0 Å². The number of primary amides is 1. The molecule has 3 nitrogen and oxygen atoms in total. The van der Waals surface area contributed by atoms with Crippen LogP contribution in [0.25, 0.3) is 11.1 Å². The van der Waals surface area contributed by atoms with Crippen LogP contribution >= 0.6 is 11.3 Å². The van der Waals surface area contributed by atoms with Gasteiger partial charge in [-0.05, 0) is 67.1 Å². The van der Waals surface area contributed by atoms with Gasteiger partial charge in [-0.15, -0.1) is 11.3 Å². The Balaban J connectivity index is 1.86. The molecule has 1 saturated heterocycles. The molecule has 110 valence electrons. The Kier molecular flexibility index (Phi) is 4.08. The van der Waals surface area contributed by atoms with E-state index in [1.54, 1.807) is 0 Å². The van der Waals surface area contributed by atoms with E-state index < -0.39 is 0 Å². The summed E-state index contributed by atoms with van der Waals surface area (Å²) >= 11 is 1.41. The fourth-order valence-electron chi connectivity index (χ4n) is 2.93. The second-order valence-corrected chi connectivity index (χ2v) is 6.52. The summed E-state index contributed by atoms with van der Waals surface area (Å²) in [7, 11) is 0. The van der Waals surface area contributed by atoms with Crippen LogP contribution in [0.3, 0.4) is 0 Å². The molecule has 1 aliphatic rings. The van der Waals surface area contributed by atoms with Crippen molar-refractivity contribution < 1.29 is 4.79 Å². The maximum Gasteiger partial charge on any atom is 0.258 e. The topological polar surface area (TPSA) is 46.3 Å². The minimum absolute atomic E-state index is 0.354. The quantitative estimate of drug-likeness (QED) is 0.936. The second kappa shape index (κ2) is 6.00. The van der Waals surface area contributed by atoms with Crippen LogP contribution < -0.4 is 5.73 Å². The molecule has 2 aromatic rings. The van der Waals surface area contributed by atoms with Gasteiger partial charge in [-0.2, -0.15) is 0 Å². The summed E-state index contributed by atoms with van der Waals surface area (Å²) in [6.45, 7) is 4.65. The van der Waals surface area contributed by atoms with Gasteiger partial charge in [0.1, 0.15) is 0 Å². The lowest BCUT2D eigenvalue weighted by Gasteiger charge is -2.24. The Morgan fingerprint density at radius 1 is 1.24 bits per heavy atom. The molecular formula is C17H20N2OS. The molecule has 0 spiro atoms. The standard InChI is InChI=1S/C17H20N2OS/c1-12(19-7-2-3-8-19)13-5-4-6-14(9-13)15-10-16(17(18)20)21-11-15/h4-6,9-12H,2-3,7-8H2,1H3,(H2,18,20)/t12-/m1/s1. The van der Waals surface area contributed by atoms with Crippen molar-refractivity contribution in [1.29, 1.82) is 0 Å². The third-order valence-corrected chi connectivity index (χ3v) is 5.18. The lowest BCUT2D eigenvalue weighted by Crippen LogP contribution is -2.23. The molecule has 0 radical (unpaired) electrons. The van der Waals surface area contributed by atoms with E-state index in [0.717, 1.165) is 11.1 Å². The molecule has 1 amide bonds. The van der Waals surface area contributed by atoms with Crippen molar-refractivity contribution in [2.24, 2.45) is 5.73 Å². The van der Waals surface area contributed by atoms with E-state index in [9.17, 15) is 4.79 Å². The average molecular weight is 300 g/mol. The van der Waals surface area contributed by atoms with Gasteiger partial charge in [-0.25, -0.2) is 0 Å². The number of thiophene rings is 1. The van der Waals surface area contributed by atoms with E-state index in [-0.39, 0.29) is 5.91 Å². The summed E-state index contributed by atoms with van der Waals surface area (Å²) in [6.07, 6.45) is 2.60. The molecule has 1 aromatic heterocycles. The zero-order valence-corrected chi connectivity index (χ0v) is 13.0. The number of amides is 1. The van der Waals surface area contributed by atoms with Crippen LogP contribution in [0.4, 0.5) is 0 Å². The Morgan fingerprint density at radius 3 is 2.67 bits per heavy atom. The van der Waals surface area contributed by atoms with E-state index in [1.807, 2.05) is 11.4 Å². The maximum atomic E-state index is 11.2. The maximum absolute atomic E-state index is 11.2. The van der Waals surface area contributed by atoms with Crippen LogP contribution in [0, 0.1) is 0 Å². The monoisotopic (exact) mass is 300 g/mol. The van der Waals surface area contributed by atoms with Gasteiger partial charge in [0.05, 0.1) is 4.88 Å². The summed E-state index contributed by atoms with van der Waals surface area (Å²) in [5.41, 5.74) is 8.89. The zero-order chi connectivity index (χ0) is 14.8. The molecule has 2 N–H and O–H groups in total. The number of hydrogen-bond donors (Lipinski definition) is 1. The second-order valence-electron chi connectivity index (χ2n) is 5.61. The van der Waals surface area contributed by atoms with E-state index in [0.29, 0.717) is 10.9 Å². The average Bonchev–Trinajstić information content (AvgIpc) is 3.18. The number of benzene rings is 1. The molecule has 0 bridgehead atoms. The van der Waals surface area contributed by atoms with E-state index in [4.69, 9.17) is 5.73 Å². The van der Waals surface area contributed by atoms with Gasteiger partial charge in [0.2, 0.25) is 0 Å². The number of nitrogens with zero attached hydrogens (tertiary/aromatic N) is 1. The minimum Gasteiger partial charge on any atom is -0.365 e. The van der Waals surface area contributed by atoms with Gasteiger partial charge >= 0.3 is 0 Å². The van der Waals surface area contributed by atoms with E-state index >= 15 is 0 Å². The number of carbonyl (C=O) groups is 1. The molecule has 1 aromatic carbocycles. The molecule has 0 saturated carbocycles. The smallest absolute Gasteiger partial charge is 0.258 e. The highest BCUT2D eigenvalue weighted by molar-refractivity contribution is 7.12. The summed E-state index contributed by atoms with van der Waals surface area (Å²) in [5, 5.41) is 2.00. The molecule has 1 atom stereocenters. The molecule has 2 heterocycles. The molecule has 1 aliphatic heterocycles. The van der Waals surface area contributed by atoms with Crippen molar-refractivity contribution in [3.8, 4) is 11.1 Å². The lowest BCUT2D eigenvalue weighted by molar-refractivity contribution is 0.100. The van der Waals surface area contributed by atoms with Crippen LogP contribution in [-0.4, -0.2) is 23.9 Å². The van der Waals surface area contributed by atoms with E-state index in [1.165, 1.54) is 42.8 Å². The molecule has 4 heteroatoms. The van der Waals surface area contributed by atoms with Gasteiger partial charge in [0.15, 0.2) is 0 Å². The Labute approximate surface area is 129 Å². The molecule has 0 aliphatic carbocycles. The van der Waals surface area contributed by atoms with Gasteiger partial charge in [-0.1, -0.05) is 18.2 Å². The van der Waals surface area contributed by atoms with Crippen LogP contribution in [0.15, 0.2) is 35.7 Å². The Hall–Kier alpha value is -1.65. The summed E-state index contributed by atoms with van der Waals surface area (Å²) in [4.78, 5) is 14.4. The Bertz CT molecular complexity index is 644. The van der Waals surface area contributed by atoms with Crippen LogP contribution in [0.5, 0.6) is 0 Å². The van der Waals surface area contributed by atoms with Crippen molar-refractivity contribution >= 4 is 17.2 Å². The lowest BCUT2D eigenvalue weighted by atomic mass is 10.0. The summed E-state index contributed by atoms with van der Waals surface area (Å²) < 4.78 is 0. The molecule has 0 unspecified atom stereocenters. The first-order valence-corrected chi connectivity index (χ1v) is 8.26. The van der Waals surface area contributed by atoms with E-state index in [2.05, 4.69) is 36.1 Å². The largest absolute Gasteiger partial charge is 0.365 e. The highest BCUT2D eigenvalue weighted by Crippen LogP contribution is 2.30. The number of rotatable bonds is 4. The van der Waals surface area contributed by atoms with Crippen LogP contribution in [0.2, 0.25) is 0 Å². The number of hydrogen-bond acceptors (Lipinski definition) is 3. The van der Waals surface area contributed by atoms with Gasteiger partial charge in [0, 0.05) is 6.04 Å². The van der Waals surface area contributed by atoms with Crippen molar-refractivity contribution in [3.63, 3.8) is 0 Å². The highest BCUT2D eigenvalue weighted by Gasteiger charge is 2.19. The van der Waals surface area contributed by atoms with Gasteiger partial charge in [0.25, 0.3) is 5.91 Å². The number of nitrogens with two attached hydrogens (primary N) is 1. The first kappa shape index (κ1) is 14.3. The third kappa shape index (κ3) is 3.01. The predicted molar refractivity (Wildman–Crippen MR) is 87.5 cm³/mol. The van der Waals surface area contributed by atoms with Crippen molar-refractivity contribution in [2.75, 3.05) is 13.1 Å². The van der Waals surface area contributed by atoms with Crippen LogP contribution in [0.1, 0.15) is 41.0 Å². The molecule has 21 heavy (non-hydrogen) atoms. The van der Waals surface area contributed by atoms with Gasteiger partial charge < -0.3 is 5.73 Å². The van der Waals surface area contributed by atoms with Crippen molar-refractivity contribution in [3.05, 3.63) is 46.2 Å². The third-order valence-electron chi connectivity index (χ3n) is 4.23. The fourth-order valence-corrected chi connectivity index (χ4v) is 3.70. The highest BCUT2D eigenvalue weighted by atomic mass is 32.1. The number of carbonyl (C=O) groups excluding carboxylic acids is 1. The SMILES string of the molecule is C[C@H](c1cccc(-c2csc(C(N)=O)c2)c1)N1CCCC1. The first-order chi connectivity index (χ1) is 10.1. The molecular weight excluding hydrogens is 280 g/mol. The van der Waals surface area contributed by atoms with Crippen molar-refractivity contribution in [1.82, 2.24) is 4.90 Å². The molecule has 1 fully saturated rings. The van der Waals surface area contributed by atoms with Crippen molar-refractivity contribution in [2.45, 2.75) is 25.8 Å². The predicted octanol–water partition coefficient (Wildman–Crippen LogP) is 3.67. The Morgan fingerprint density at radius 2 is 2.00 bits per heavy atom. The first-order valence-electron chi connectivity index (χ1n) is 7.38. The number of likely N-dealkylation sites (tertiary alicyclic amines) is 1. The molecule has 3 rings (SSSR count). The summed E-state index contributed by atoms with van der Waals surface area (Å²) in [5.74, 6) is -0.354. The fraction of sp³-hybridized carbons (Fsp3) is 0.353. The normalized spacial score (nSPS) is 17.0. The van der Waals surface area contributed by atoms with Gasteiger partial charge in [-0.3, -0.25) is 9.69 Å². The summed E-state index contributed by atoms with van der Waals surface area (Å²) in [6, 6.07) is 10.9.